The molecule has 0 unspecified atom stereocenters. The molecule has 1 fully saturated rings. The molecule has 1 heterocycles. The maximum Gasteiger partial charge on any atom is 0.350 e. The second-order valence-electron chi connectivity index (χ2n) is 5.22. The van der Waals surface area contributed by atoms with Gasteiger partial charge in [-0.3, -0.25) is 9.13 Å². The van der Waals surface area contributed by atoms with Crippen molar-refractivity contribution < 1.29 is 33.2 Å². The molecule has 0 aromatic rings. The molecule has 0 saturated carbocycles. The van der Waals surface area contributed by atoms with Gasteiger partial charge >= 0.3 is 15.2 Å². The van der Waals surface area contributed by atoms with Gasteiger partial charge in [-0.25, -0.2) is 0 Å². The van der Waals surface area contributed by atoms with E-state index in [1.54, 1.807) is 0 Å². The highest BCUT2D eigenvalue weighted by Crippen LogP contribution is 2.65. The first-order valence-corrected chi connectivity index (χ1v) is 9.80. The second-order valence-corrected chi connectivity index (χ2v) is 11.1. The molecule has 0 radical (unpaired) electrons. The molecule has 18 heavy (non-hydrogen) atoms. The van der Waals surface area contributed by atoms with Gasteiger partial charge in [0.1, 0.15) is 0 Å². The van der Waals surface area contributed by atoms with Crippen molar-refractivity contribution in [3.8, 4) is 0 Å². The van der Waals surface area contributed by atoms with Crippen molar-refractivity contribution in [2.75, 3.05) is 27.2 Å². The minimum atomic E-state index is -4.80. The fourth-order valence-corrected chi connectivity index (χ4v) is 6.60. The number of hydrogen-bond donors (Lipinski definition) is 4. The Hall–Kier alpha value is 0.610. The van der Waals surface area contributed by atoms with Crippen molar-refractivity contribution in [2.45, 2.75) is 22.8 Å². The fraction of sp³-hybridized carbons (Fsp3) is 1.00. The van der Waals surface area contributed by atoms with E-state index < -0.39 is 19.9 Å². The van der Waals surface area contributed by atoms with Gasteiger partial charge in [-0.15, -0.1) is 11.8 Å². The Kier molecular flexibility index (Phi) is 5.13. The molecule has 1 aliphatic heterocycles. The van der Waals surface area contributed by atoms with Gasteiger partial charge < -0.3 is 24.1 Å². The van der Waals surface area contributed by atoms with Crippen LogP contribution in [0.1, 0.15) is 12.8 Å². The standard InChI is InChI=1S/C8H19NO6P2S/c1-9(2)5-3-7(4-6-9)18-8(16(10,11)12)17(13,14)15/h7-8H,3-6H2,1-2H3,(H3-,10,11,12,13,14,15)/p+1. The molecule has 108 valence electrons. The number of quaternary nitrogens is 1. The molecule has 7 nitrogen and oxygen atoms in total. The predicted octanol–water partition coefficient (Wildman–Crippen LogP) is 0.597. The van der Waals surface area contributed by atoms with Gasteiger partial charge in [-0.2, -0.15) is 0 Å². The van der Waals surface area contributed by atoms with Gasteiger partial charge in [-0.05, 0) is 0 Å². The van der Waals surface area contributed by atoms with Crippen molar-refractivity contribution in [2.24, 2.45) is 0 Å². The van der Waals surface area contributed by atoms with Crippen LogP contribution in [-0.4, -0.2) is 61.2 Å². The van der Waals surface area contributed by atoms with Crippen LogP contribution in [0.2, 0.25) is 0 Å². The Morgan fingerprint density at radius 1 is 1.06 bits per heavy atom. The zero-order valence-electron chi connectivity index (χ0n) is 10.3. The van der Waals surface area contributed by atoms with E-state index in [9.17, 15) is 9.13 Å². The van der Waals surface area contributed by atoms with E-state index in [-0.39, 0.29) is 5.25 Å². The lowest BCUT2D eigenvalue weighted by Gasteiger charge is -2.37. The van der Waals surface area contributed by atoms with Crippen LogP contribution in [-0.2, 0) is 9.13 Å². The monoisotopic (exact) mass is 320 g/mol. The third-order valence-electron chi connectivity index (χ3n) is 3.00. The minimum absolute atomic E-state index is 0.110. The zero-order chi connectivity index (χ0) is 14.2. The number of thioether (sulfide) groups is 1. The highest BCUT2D eigenvalue weighted by Gasteiger charge is 2.46. The predicted molar refractivity (Wildman–Crippen MR) is 70.3 cm³/mol. The average Bonchev–Trinajstić information content (AvgIpc) is 2.12. The number of likely N-dealkylation sites (tertiary alicyclic amines) is 1. The first-order valence-electron chi connectivity index (χ1n) is 5.50. The van der Waals surface area contributed by atoms with E-state index in [2.05, 4.69) is 14.1 Å². The maximum atomic E-state index is 11.2. The molecule has 0 aromatic carbocycles. The molecule has 1 aliphatic rings. The second kappa shape index (κ2) is 5.54. The van der Waals surface area contributed by atoms with Crippen LogP contribution >= 0.6 is 27.0 Å². The van der Waals surface area contributed by atoms with Crippen LogP contribution in [0.4, 0.5) is 0 Å². The van der Waals surface area contributed by atoms with E-state index in [1.807, 2.05) is 0 Å². The molecular weight excluding hydrogens is 300 g/mol. The summed E-state index contributed by atoms with van der Waals surface area (Å²) < 4.78 is 21.2. The van der Waals surface area contributed by atoms with Crippen molar-refractivity contribution in [3.63, 3.8) is 0 Å². The van der Waals surface area contributed by atoms with Gasteiger partial charge in [0.2, 0.25) is 4.73 Å². The van der Waals surface area contributed by atoms with Crippen molar-refractivity contribution in [1.29, 1.82) is 0 Å². The molecule has 0 aromatic heterocycles. The lowest BCUT2D eigenvalue weighted by molar-refractivity contribution is -0.894. The Morgan fingerprint density at radius 3 is 1.78 bits per heavy atom. The van der Waals surface area contributed by atoms with Crippen LogP contribution in [0.3, 0.4) is 0 Å². The SMILES string of the molecule is C[N+]1(C)CCC(SC(P(=O)(O)O)P(=O)(O)O)CC1. The van der Waals surface area contributed by atoms with Crippen LogP contribution in [0, 0.1) is 0 Å². The third kappa shape index (κ3) is 4.94. The summed E-state index contributed by atoms with van der Waals surface area (Å²) in [6.45, 7) is 1.68. The van der Waals surface area contributed by atoms with E-state index in [0.29, 0.717) is 12.8 Å². The van der Waals surface area contributed by atoms with E-state index in [0.717, 1.165) is 29.3 Å². The summed E-state index contributed by atoms with van der Waals surface area (Å²) in [6.07, 6.45) is 1.41. The van der Waals surface area contributed by atoms with Gasteiger partial charge in [0.05, 0.1) is 27.2 Å². The molecule has 4 N–H and O–H groups in total. The topological polar surface area (TPSA) is 115 Å². The van der Waals surface area contributed by atoms with Crippen LogP contribution in [0.15, 0.2) is 0 Å². The van der Waals surface area contributed by atoms with E-state index >= 15 is 0 Å². The summed E-state index contributed by atoms with van der Waals surface area (Å²) >= 11 is 0.744. The van der Waals surface area contributed by atoms with Crippen LogP contribution in [0.5, 0.6) is 0 Å². The van der Waals surface area contributed by atoms with Gasteiger partial charge in [0, 0.05) is 18.1 Å². The highest BCUT2D eigenvalue weighted by atomic mass is 32.2. The van der Waals surface area contributed by atoms with E-state index in [1.165, 1.54) is 0 Å². The number of hydrogen-bond acceptors (Lipinski definition) is 3. The summed E-state index contributed by atoms with van der Waals surface area (Å²) in [4.78, 5) is 36.2. The third-order valence-corrected chi connectivity index (χ3v) is 9.44. The Balaban J connectivity index is 2.70. The molecule has 0 amide bonds. The van der Waals surface area contributed by atoms with Crippen LogP contribution in [0.25, 0.3) is 0 Å². The minimum Gasteiger partial charge on any atom is -0.328 e. The molecule has 1 rings (SSSR count). The summed E-state index contributed by atoms with van der Waals surface area (Å²) in [5, 5.41) is -0.110. The summed E-state index contributed by atoms with van der Waals surface area (Å²) in [5.41, 5.74) is 0. The molecule has 1 saturated heterocycles. The van der Waals surface area contributed by atoms with E-state index in [4.69, 9.17) is 19.6 Å². The molecular formula is C8H20NO6P2S+. The average molecular weight is 320 g/mol. The molecule has 10 heteroatoms. The Morgan fingerprint density at radius 2 is 1.44 bits per heavy atom. The van der Waals surface area contributed by atoms with Gasteiger partial charge in [0.15, 0.2) is 0 Å². The fourth-order valence-electron chi connectivity index (χ4n) is 1.91. The van der Waals surface area contributed by atoms with Crippen molar-refractivity contribution in [3.05, 3.63) is 0 Å². The number of rotatable bonds is 4. The lowest BCUT2D eigenvalue weighted by Crippen LogP contribution is -2.47. The normalized spacial score (nSPS) is 22.4. The largest absolute Gasteiger partial charge is 0.350 e. The summed E-state index contributed by atoms with van der Waals surface area (Å²) in [5.74, 6) is 0. The smallest absolute Gasteiger partial charge is 0.328 e. The first-order chi connectivity index (χ1) is 7.92. The molecule has 0 spiro atoms. The highest BCUT2D eigenvalue weighted by molar-refractivity contribution is 8.12. The zero-order valence-corrected chi connectivity index (χ0v) is 12.9. The maximum absolute atomic E-state index is 11.2. The molecule has 0 bridgehead atoms. The number of piperidine rings is 1. The number of nitrogens with zero attached hydrogens (tertiary/aromatic N) is 1. The lowest BCUT2D eigenvalue weighted by atomic mass is 10.1. The quantitative estimate of drug-likeness (QED) is 0.443. The summed E-state index contributed by atoms with van der Waals surface area (Å²) in [7, 11) is -5.48. The van der Waals surface area contributed by atoms with Crippen molar-refractivity contribution >= 4 is 27.0 Å². The first kappa shape index (κ1) is 16.7. The van der Waals surface area contributed by atoms with Crippen LogP contribution < -0.4 is 0 Å². The Labute approximate surface area is 110 Å². The molecule has 0 atom stereocenters. The summed E-state index contributed by atoms with van der Waals surface area (Å²) in [6, 6.07) is 0. The van der Waals surface area contributed by atoms with Crippen molar-refractivity contribution in [1.82, 2.24) is 0 Å². The Bertz CT molecular complexity index is 359. The van der Waals surface area contributed by atoms with Gasteiger partial charge in [0.25, 0.3) is 0 Å². The molecule has 0 aliphatic carbocycles. The van der Waals surface area contributed by atoms with Gasteiger partial charge in [-0.1, -0.05) is 0 Å².